The minimum atomic E-state index is -0.671. The molecule has 20 heavy (non-hydrogen) atoms. The van der Waals surface area contributed by atoms with Crippen molar-refractivity contribution in [2.45, 2.75) is 0 Å². The third-order valence-electron chi connectivity index (χ3n) is 2.88. The molecule has 0 saturated heterocycles. The number of carbonyl (C=O) groups is 1. The lowest BCUT2D eigenvalue weighted by Gasteiger charge is -2.04. The number of anilines is 1. The van der Waals surface area contributed by atoms with Crippen molar-refractivity contribution in [2.24, 2.45) is 0 Å². The molecule has 0 radical (unpaired) electrons. The number of fused-ring (bicyclic) bond motifs is 1. The van der Waals surface area contributed by atoms with Gasteiger partial charge in [-0.05, 0) is 30.3 Å². The predicted octanol–water partition coefficient (Wildman–Crippen LogP) is 3.61. The van der Waals surface area contributed by atoms with Gasteiger partial charge in [0, 0.05) is 10.4 Å². The van der Waals surface area contributed by atoms with E-state index in [-0.39, 0.29) is 10.6 Å². The van der Waals surface area contributed by atoms with Gasteiger partial charge in [-0.3, -0.25) is 9.89 Å². The first-order valence-corrected chi connectivity index (χ1v) is 6.22. The van der Waals surface area contributed by atoms with Crippen molar-refractivity contribution in [3.05, 3.63) is 58.9 Å². The van der Waals surface area contributed by atoms with Gasteiger partial charge in [0.1, 0.15) is 5.82 Å². The van der Waals surface area contributed by atoms with Crippen molar-refractivity contribution in [3.8, 4) is 0 Å². The van der Waals surface area contributed by atoms with E-state index in [0.29, 0.717) is 5.82 Å². The van der Waals surface area contributed by atoms with Gasteiger partial charge in [-0.25, -0.2) is 4.39 Å². The zero-order chi connectivity index (χ0) is 14.1. The van der Waals surface area contributed by atoms with Crippen LogP contribution in [0.4, 0.5) is 10.2 Å². The van der Waals surface area contributed by atoms with Gasteiger partial charge in [0.15, 0.2) is 5.82 Å². The Kier molecular flexibility index (Phi) is 3.12. The molecule has 0 aliphatic carbocycles. The second-order valence-corrected chi connectivity index (χ2v) is 4.63. The highest BCUT2D eigenvalue weighted by molar-refractivity contribution is 6.30. The Morgan fingerprint density at radius 2 is 2.05 bits per heavy atom. The highest BCUT2D eigenvalue weighted by atomic mass is 35.5. The molecular weight excluding hydrogens is 281 g/mol. The number of aromatic amines is 1. The highest BCUT2D eigenvalue weighted by Gasteiger charge is 2.14. The van der Waals surface area contributed by atoms with Gasteiger partial charge in [0.2, 0.25) is 0 Å². The molecule has 0 aliphatic rings. The molecule has 2 N–H and O–H groups in total. The lowest BCUT2D eigenvalue weighted by Crippen LogP contribution is -2.14. The Bertz CT molecular complexity index is 800. The standard InChI is InChI=1S/C14H9ClFN3O/c15-8-5-6-9(11(16)7-8)14(20)17-13-10-3-1-2-4-12(10)18-19-13/h1-7H,(H2,17,18,19,20). The molecule has 6 heteroatoms. The number of nitrogens with one attached hydrogen (secondary N) is 2. The van der Waals surface area contributed by atoms with Crippen LogP contribution in [0.15, 0.2) is 42.5 Å². The number of benzene rings is 2. The SMILES string of the molecule is O=C(Nc1n[nH]c2ccccc12)c1ccc(Cl)cc1F. The number of H-pyrrole nitrogens is 1. The number of carbonyl (C=O) groups excluding carboxylic acids is 1. The second kappa shape index (κ2) is 4.94. The van der Waals surface area contributed by atoms with E-state index in [1.807, 2.05) is 24.3 Å². The molecule has 3 rings (SSSR count). The summed E-state index contributed by atoms with van der Waals surface area (Å²) in [5.41, 5.74) is 0.709. The molecular formula is C14H9ClFN3O. The van der Waals surface area contributed by atoms with Crippen LogP contribution in [0, 0.1) is 5.82 Å². The van der Waals surface area contributed by atoms with Crippen LogP contribution >= 0.6 is 11.6 Å². The molecule has 1 aromatic heterocycles. The lowest BCUT2D eigenvalue weighted by molar-refractivity contribution is 0.102. The maximum absolute atomic E-state index is 13.7. The molecule has 0 fully saturated rings. The van der Waals surface area contributed by atoms with E-state index in [9.17, 15) is 9.18 Å². The quantitative estimate of drug-likeness (QED) is 0.757. The molecule has 0 unspecified atom stereocenters. The molecule has 0 spiro atoms. The molecule has 0 atom stereocenters. The maximum atomic E-state index is 13.7. The van der Waals surface area contributed by atoms with E-state index in [2.05, 4.69) is 15.5 Å². The van der Waals surface area contributed by atoms with Crippen LogP contribution in [-0.2, 0) is 0 Å². The van der Waals surface area contributed by atoms with Crippen molar-refractivity contribution in [3.63, 3.8) is 0 Å². The van der Waals surface area contributed by atoms with Gasteiger partial charge in [-0.15, -0.1) is 0 Å². The average molecular weight is 290 g/mol. The van der Waals surface area contributed by atoms with Crippen LogP contribution in [0.25, 0.3) is 10.9 Å². The number of amides is 1. The molecule has 1 amide bonds. The van der Waals surface area contributed by atoms with E-state index in [1.54, 1.807) is 0 Å². The fraction of sp³-hybridized carbons (Fsp3) is 0. The third-order valence-corrected chi connectivity index (χ3v) is 3.11. The monoisotopic (exact) mass is 289 g/mol. The summed E-state index contributed by atoms with van der Waals surface area (Å²) in [6.45, 7) is 0. The first-order chi connectivity index (χ1) is 9.65. The van der Waals surface area contributed by atoms with E-state index in [4.69, 9.17) is 11.6 Å². The Morgan fingerprint density at radius 1 is 1.25 bits per heavy atom. The fourth-order valence-corrected chi connectivity index (χ4v) is 2.07. The largest absolute Gasteiger partial charge is 0.304 e. The number of nitrogens with zero attached hydrogens (tertiary/aromatic N) is 1. The summed E-state index contributed by atoms with van der Waals surface area (Å²) in [7, 11) is 0. The van der Waals surface area contributed by atoms with Crippen LogP contribution in [-0.4, -0.2) is 16.1 Å². The summed E-state index contributed by atoms with van der Waals surface area (Å²) in [5, 5.41) is 10.4. The minimum Gasteiger partial charge on any atom is -0.304 e. The van der Waals surface area contributed by atoms with Crippen molar-refractivity contribution in [2.75, 3.05) is 5.32 Å². The summed E-state index contributed by atoms with van der Waals surface area (Å²) in [4.78, 5) is 12.0. The third kappa shape index (κ3) is 2.23. The molecule has 1 heterocycles. The number of aromatic nitrogens is 2. The Morgan fingerprint density at radius 3 is 2.85 bits per heavy atom. The van der Waals surface area contributed by atoms with Gasteiger partial charge in [0.25, 0.3) is 5.91 Å². The van der Waals surface area contributed by atoms with E-state index >= 15 is 0 Å². The lowest BCUT2D eigenvalue weighted by atomic mass is 10.2. The molecule has 0 bridgehead atoms. The zero-order valence-electron chi connectivity index (χ0n) is 10.2. The van der Waals surface area contributed by atoms with Crippen molar-refractivity contribution < 1.29 is 9.18 Å². The van der Waals surface area contributed by atoms with Crippen LogP contribution < -0.4 is 5.32 Å². The first-order valence-electron chi connectivity index (χ1n) is 5.84. The van der Waals surface area contributed by atoms with Crippen molar-refractivity contribution in [1.29, 1.82) is 0 Å². The topological polar surface area (TPSA) is 57.8 Å². The van der Waals surface area contributed by atoms with Gasteiger partial charge in [0.05, 0.1) is 11.1 Å². The van der Waals surface area contributed by atoms with E-state index in [0.717, 1.165) is 17.0 Å². The van der Waals surface area contributed by atoms with E-state index in [1.165, 1.54) is 12.1 Å². The number of halogens is 2. The second-order valence-electron chi connectivity index (χ2n) is 4.20. The molecule has 100 valence electrons. The molecule has 3 aromatic rings. The zero-order valence-corrected chi connectivity index (χ0v) is 10.9. The average Bonchev–Trinajstić information content (AvgIpc) is 2.82. The van der Waals surface area contributed by atoms with Crippen molar-refractivity contribution in [1.82, 2.24) is 10.2 Å². The molecule has 0 saturated carbocycles. The molecule has 0 aliphatic heterocycles. The highest BCUT2D eigenvalue weighted by Crippen LogP contribution is 2.21. The summed E-state index contributed by atoms with van der Waals surface area (Å²) in [5.74, 6) is -0.883. The predicted molar refractivity (Wildman–Crippen MR) is 75.5 cm³/mol. The maximum Gasteiger partial charge on any atom is 0.259 e. The Labute approximate surface area is 118 Å². The normalized spacial score (nSPS) is 10.7. The summed E-state index contributed by atoms with van der Waals surface area (Å²) in [6, 6.07) is 11.2. The number of hydrogen-bond acceptors (Lipinski definition) is 2. The molecule has 4 nitrogen and oxygen atoms in total. The first kappa shape index (κ1) is 12.6. The van der Waals surface area contributed by atoms with Crippen LogP contribution in [0.5, 0.6) is 0 Å². The van der Waals surface area contributed by atoms with Gasteiger partial charge in [-0.2, -0.15) is 5.10 Å². The summed E-state index contributed by atoms with van der Waals surface area (Å²) in [6.07, 6.45) is 0. The fourth-order valence-electron chi connectivity index (χ4n) is 1.91. The summed E-state index contributed by atoms with van der Waals surface area (Å²) >= 11 is 5.65. The number of para-hydroxylation sites is 1. The minimum absolute atomic E-state index is 0.0820. The van der Waals surface area contributed by atoms with Crippen LogP contribution in [0.2, 0.25) is 5.02 Å². The molecule has 2 aromatic carbocycles. The number of rotatable bonds is 2. The van der Waals surface area contributed by atoms with E-state index < -0.39 is 11.7 Å². The Hall–Kier alpha value is -2.40. The van der Waals surface area contributed by atoms with Crippen molar-refractivity contribution >= 4 is 34.2 Å². The van der Waals surface area contributed by atoms with Crippen LogP contribution in [0.1, 0.15) is 10.4 Å². The van der Waals surface area contributed by atoms with Crippen LogP contribution in [0.3, 0.4) is 0 Å². The van der Waals surface area contributed by atoms with Gasteiger partial charge in [-0.1, -0.05) is 23.7 Å². The Balaban J connectivity index is 1.92. The van der Waals surface area contributed by atoms with Gasteiger partial charge < -0.3 is 5.32 Å². The smallest absolute Gasteiger partial charge is 0.259 e. The summed E-state index contributed by atoms with van der Waals surface area (Å²) < 4.78 is 13.7. The number of hydrogen-bond donors (Lipinski definition) is 2. The van der Waals surface area contributed by atoms with Gasteiger partial charge >= 0.3 is 0 Å².